The lowest BCUT2D eigenvalue weighted by Gasteiger charge is -2.29. The van der Waals surface area contributed by atoms with Gasteiger partial charge in [0.25, 0.3) is 0 Å². The third-order valence-electron chi connectivity index (χ3n) is 4.14. The molecule has 0 saturated carbocycles. The van der Waals surface area contributed by atoms with Crippen LogP contribution in [0, 0.1) is 0 Å². The Morgan fingerprint density at radius 1 is 1.24 bits per heavy atom. The summed E-state index contributed by atoms with van der Waals surface area (Å²) in [5.74, 6) is 0.0360. The number of thiazole rings is 1. The van der Waals surface area contributed by atoms with E-state index >= 15 is 0 Å². The van der Waals surface area contributed by atoms with Crippen LogP contribution >= 0.6 is 11.3 Å². The topological polar surface area (TPSA) is 107 Å². The Morgan fingerprint density at radius 3 is 2.60 bits per heavy atom. The molecule has 0 aliphatic heterocycles. The number of nitrogens with two attached hydrogens (primary N) is 1. The van der Waals surface area contributed by atoms with Gasteiger partial charge in [0, 0.05) is 0 Å². The highest BCUT2D eigenvalue weighted by Gasteiger charge is 2.41. The summed E-state index contributed by atoms with van der Waals surface area (Å²) in [6, 6.07) is 4.96. The highest BCUT2D eigenvalue weighted by molar-refractivity contribution is 7.93. The van der Waals surface area contributed by atoms with Crippen LogP contribution in [0.2, 0.25) is 0 Å². The number of allylic oxidation sites excluding steroid dienone is 3. The molecule has 1 atom stereocenters. The molecular weight excluding hydrogens is 380 g/mol. The fraction of sp³-hybridized carbons (Fsp3) is 0.312. The molecule has 1 aromatic carbocycles. The van der Waals surface area contributed by atoms with Gasteiger partial charge in [0.2, 0.25) is 24.2 Å². The van der Waals surface area contributed by atoms with Crippen LogP contribution in [0.5, 0.6) is 0 Å². The van der Waals surface area contributed by atoms with Gasteiger partial charge in [-0.15, -0.1) is 11.3 Å². The Hall–Kier alpha value is -1.55. The summed E-state index contributed by atoms with van der Waals surface area (Å²) in [6.07, 6.45) is 7.48. The first-order chi connectivity index (χ1) is 11.7. The number of hydrogen-bond donors (Lipinski definition) is 1. The van der Waals surface area contributed by atoms with E-state index in [4.69, 9.17) is 5.14 Å². The molecule has 6 nitrogen and oxygen atoms in total. The minimum absolute atomic E-state index is 0.0360. The smallest absolute Gasteiger partial charge is 0.223 e. The van der Waals surface area contributed by atoms with Crippen molar-refractivity contribution in [3.8, 4) is 0 Å². The number of nitrogens with zero attached hydrogens (tertiary/aromatic N) is 1. The molecule has 0 amide bonds. The Morgan fingerprint density at radius 2 is 2.00 bits per heavy atom. The Bertz CT molecular complexity index is 1080. The van der Waals surface area contributed by atoms with Crippen LogP contribution < -0.4 is 5.14 Å². The van der Waals surface area contributed by atoms with E-state index in [9.17, 15) is 16.8 Å². The van der Waals surface area contributed by atoms with Crippen LogP contribution in [0.15, 0.2) is 46.8 Å². The zero-order valence-electron chi connectivity index (χ0n) is 13.5. The van der Waals surface area contributed by atoms with Gasteiger partial charge >= 0.3 is 0 Å². The number of benzene rings is 1. The van der Waals surface area contributed by atoms with Crippen molar-refractivity contribution in [3.63, 3.8) is 0 Å². The molecule has 0 saturated heterocycles. The zero-order chi connectivity index (χ0) is 18.3. The molecule has 2 N–H and O–H groups in total. The van der Waals surface area contributed by atoms with E-state index in [-0.39, 0.29) is 16.5 Å². The molecule has 9 heteroatoms. The molecule has 1 unspecified atom stereocenters. The van der Waals surface area contributed by atoms with Gasteiger partial charge in [0.05, 0.1) is 16.0 Å². The maximum Gasteiger partial charge on any atom is 0.223 e. The number of sulfone groups is 1. The first-order valence-corrected chi connectivity index (χ1v) is 11.7. The first-order valence-electron chi connectivity index (χ1n) is 7.70. The van der Waals surface area contributed by atoms with E-state index in [1.807, 2.05) is 0 Å². The molecular formula is C16H18N2O4S3. The average molecular weight is 399 g/mol. The summed E-state index contributed by atoms with van der Waals surface area (Å²) in [7, 11) is -7.33. The van der Waals surface area contributed by atoms with Gasteiger partial charge in [0.15, 0.2) is 0 Å². The van der Waals surface area contributed by atoms with Crippen LogP contribution in [-0.4, -0.2) is 27.6 Å². The second-order valence-electron chi connectivity index (χ2n) is 5.91. The fourth-order valence-electron chi connectivity index (χ4n) is 2.85. The lowest BCUT2D eigenvalue weighted by molar-refractivity contribution is 0.559. The number of primary sulfonamides is 1. The summed E-state index contributed by atoms with van der Waals surface area (Å²) >= 11 is 1.05. The number of sulfonamides is 1. The van der Waals surface area contributed by atoms with Crippen molar-refractivity contribution < 1.29 is 16.8 Å². The predicted molar refractivity (Wildman–Crippen MR) is 99.6 cm³/mol. The number of aromatic nitrogens is 1. The number of fused-ring (bicyclic) bond motifs is 1. The molecule has 0 radical (unpaired) electrons. The van der Waals surface area contributed by atoms with E-state index < -0.39 is 24.6 Å². The largest absolute Gasteiger partial charge is 0.228 e. The normalized spacial score (nSPS) is 21.0. The van der Waals surface area contributed by atoms with Crippen LogP contribution in [-0.2, 0) is 24.6 Å². The second kappa shape index (κ2) is 6.31. The van der Waals surface area contributed by atoms with Crippen molar-refractivity contribution in [2.75, 3.05) is 5.75 Å². The third-order valence-corrected chi connectivity index (χ3v) is 9.09. The molecule has 3 rings (SSSR count). The van der Waals surface area contributed by atoms with Crippen LogP contribution in [0.1, 0.15) is 25.3 Å². The van der Waals surface area contributed by atoms with E-state index in [1.165, 1.54) is 0 Å². The maximum atomic E-state index is 12.3. The van der Waals surface area contributed by atoms with Gasteiger partial charge in [-0.1, -0.05) is 37.3 Å². The lowest BCUT2D eigenvalue weighted by atomic mass is 9.91. The van der Waals surface area contributed by atoms with Gasteiger partial charge in [-0.25, -0.2) is 27.0 Å². The summed E-state index contributed by atoms with van der Waals surface area (Å²) in [6.45, 7) is 1.79. The Balaban J connectivity index is 2.16. The third kappa shape index (κ3) is 3.17. The molecule has 1 aliphatic rings. The predicted octanol–water partition coefficient (Wildman–Crippen LogP) is 2.48. The van der Waals surface area contributed by atoms with Gasteiger partial charge in [-0.2, -0.15) is 0 Å². The molecule has 1 aromatic heterocycles. The minimum atomic E-state index is -3.91. The van der Waals surface area contributed by atoms with Gasteiger partial charge in [-0.3, -0.25) is 0 Å². The van der Waals surface area contributed by atoms with Crippen LogP contribution in [0.4, 0.5) is 0 Å². The van der Waals surface area contributed by atoms with E-state index in [1.54, 1.807) is 49.4 Å². The van der Waals surface area contributed by atoms with Crippen LogP contribution in [0.3, 0.4) is 0 Å². The van der Waals surface area contributed by atoms with E-state index in [0.29, 0.717) is 22.2 Å². The fourth-order valence-corrected chi connectivity index (χ4v) is 6.61. The molecule has 0 fully saturated rings. The van der Waals surface area contributed by atoms with Gasteiger partial charge in [-0.05, 0) is 30.5 Å². The molecule has 25 heavy (non-hydrogen) atoms. The number of hydrogen-bond acceptors (Lipinski definition) is 6. The molecule has 2 aromatic rings. The second-order valence-corrected chi connectivity index (χ2v) is 11.0. The van der Waals surface area contributed by atoms with Crippen molar-refractivity contribution >= 4 is 41.4 Å². The Kier molecular flexibility index (Phi) is 4.61. The SMILES string of the molecule is CCCS(=O)(=O)c1nc2ccc(C3(S(N)(=O)=O)C=CC=CC3)cc2s1. The first kappa shape index (κ1) is 18.2. The van der Waals surface area contributed by atoms with E-state index in [0.717, 1.165) is 11.3 Å². The standard InChI is InChI=1S/C16H18N2O4S3/c1-2-10-24(19,20)15-18-13-7-6-12(11-14(13)23-15)16(25(17,21)22)8-4-3-5-9-16/h3-8,11H,2,9-10H2,1H3,(H2,17,21,22). The zero-order valence-corrected chi connectivity index (χ0v) is 16.0. The van der Waals surface area contributed by atoms with Crippen molar-refractivity contribution in [2.45, 2.75) is 28.9 Å². The minimum Gasteiger partial charge on any atom is -0.228 e. The van der Waals surface area contributed by atoms with Crippen molar-refractivity contribution in [1.82, 2.24) is 4.98 Å². The molecule has 1 aliphatic carbocycles. The summed E-state index contributed by atoms with van der Waals surface area (Å²) < 4.78 is 48.3. The number of rotatable bonds is 5. The molecule has 134 valence electrons. The average Bonchev–Trinajstić information content (AvgIpc) is 2.98. The van der Waals surface area contributed by atoms with Gasteiger partial charge in [0.1, 0.15) is 4.75 Å². The monoisotopic (exact) mass is 398 g/mol. The molecule has 1 heterocycles. The summed E-state index contributed by atoms with van der Waals surface area (Å²) in [5, 5.41) is 5.51. The van der Waals surface area contributed by atoms with Crippen molar-refractivity contribution in [2.24, 2.45) is 5.14 Å². The molecule has 0 spiro atoms. The van der Waals surface area contributed by atoms with Crippen molar-refractivity contribution in [1.29, 1.82) is 0 Å². The van der Waals surface area contributed by atoms with Crippen LogP contribution in [0.25, 0.3) is 10.2 Å². The summed E-state index contributed by atoms with van der Waals surface area (Å²) in [4.78, 5) is 4.19. The quantitative estimate of drug-likeness (QED) is 0.832. The van der Waals surface area contributed by atoms with Crippen molar-refractivity contribution in [3.05, 3.63) is 48.1 Å². The van der Waals surface area contributed by atoms with E-state index in [2.05, 4.69) is 4.98 Å². The maximum absolute atomic E-state index is 12.3. The van der Waals surface area contributed by atoms with Gasteiger partial charge < -0.3 is 0 Å². The highest BCUT2D eigenvalue weighted by Crippen LogP contribution is 2.39. The molecule has 0 bridgehead atoms. The lowest BCUT2D eigenvalue weighted by Crippen LogP contribution is -2.39. The highest BCUT2D eigenvalue weighted by atomic mass is 32.2. The summed E-state index contributed by atoms with van der Waals surface area (Å²) in [5.41, 5.74) is 1.04. The Labute approximate surface area is 151 Å².